The lowest BCUT2D eigenvalue weighted by atomic mass is 9.78. The maximum absolute atomic E-state index is 12.5. The third-order valence-electron chi connectivity index (χ3n) is 5.26. The molecule has 2 fully saturated rings. The highest BCUT2D eigenvalue weighted by molar-refractivity contribution is 7.98. The molecule has 27 heavy (non-hydrogen) atoms. The Balaban J connectivity index is 1.35. The molecule has 142 valence electrons. The lowest BCUT2D eigenvalue weighted by Gasteiger charge is -2.35. The van der Waals surface area contributed by atoms with E-state index in [9.17, 15) is 9.90 Å². The van der Waals surface area contributed by atoms with Gasteiger partial charge in [0.05, 0.1) is 11.7 Å². The van der Waals surface area contributed by atoms with Crippen molar-refractivity contribution in [3.8, 4) is 0 Å². The maximum atomic E-state index is 12.5. The molecule has 7 nitrogen and oxygen atoms in total. The summed E-state index contributed by atoms with van der Waals surface area (Å²) in [5, 5.41) is 13.6. The summed E-state index contributed by atoms with van der Waals surface area (Å²) < 4.78 is 0. The number of aliphatic hydroxyl groups excluding tert-OH is 1. The van der Waals surface area contributed by atoms with Crippen LogP contribution in [0.25, 0.3) is 0 Å². The largest absolute Gasteiger partial charge is 0.391 e. The highest BCUT2D eigenvalue weighted by Crippen LogP contribution is 2.37. The van der Waals surface area contributed by atoms with E-state index in [-0.39, 0.29) is 18.1 Å². The van der Waals surface area contributed by atoms with Gasteiger partial charge in [0, 0.05) is 43.0 Å². The Bertz CT molecular complexity index is 827. The molecule has 1 unspecified atom stereocenters. The van der Waals surface area contributed by atoms with E-state index in [0.29, 0.717) is 18.0 Å². The van der Waals surface area contributed by atoms with Crippen molar-refractivity contribution < 1.29 is 9.90 Å². The fourth-order valence-electron chi connectivity index (χ4n) is 3.67. The van der Waals surface area contributed by atoms with Gasteiger partial charge in [-0.15, -0.1) is 11.8 Å². The topological polar surface area (TPSA) is 91.2 Å². The van der Waals surface area contributed by atoms with E-state index in [2.05, 4.69) is 25.2 Å². The van der Waals surface area contributed by atoms with Gasteiger partial charge in [0.15, 0.2) is 0 Å². The molecule has 0 spiro atoms. The zero-order valence-electron chi connectivity index (χ0n) is 15.2. The maximum Gasteiger partial charge on any atom is 0.254 e. The minimum absolute atomic E-state index is 0.0645. The smallest absolute Gasteiger partial charge is 0.254 e. The SMILES string of the molecule is CSc1ncccc1C(=O)NC1CC(c2cc(N3CCC(O)C3)ncn2)C1. The second kappa shape index (κ2) is 7.82. The van der Waals surface area contributed by atoms with E-state index in [1.165, 1.54) is 11.8 Å². The molecule has 1 aliphatic heterocycles. The number of anilines is 1. The average Bonchev–Trinajstić information content (AvgIpc) is 3.10. The van der Waals surface area contributed by atoms with Crippen molar-refractivity contribution >= 4 is 23.5 Å². The van der Waals surface area contributed by atoms with Crippen molar-refractivity contribution in [1.29, 1.82) is 0 Å². The molecule has 1 saturated carbocycles. The highest BCUT2D eigenvalue weighted by Gasteiger charge is 2.33. The Labute approximate surface area is 162 Å². The van der Waals surface area contributed by atoms with Gasteiger partial charge in [-0.2, -0.15) is 0 Å². The first-order valence-electron chi connectivity index (χ1n) is 9.19. The van der Waals surface area contributed by atoms with Crippen LogP contribution in [0.1, 0.15) is 41.2 Å². The van der Waals surface area contributed by atoms with Crippen LogP contribution in [-0.2, 0) is 0 Å². The first-order valence-corrected chi connectivity index (χ1v) is 10.4. The van der Waals surface area contributed by atoms with Crippen molar-refractivity contribution in [1.82, 2.24) is 20.3 Å². The number of β-amino-alcohol motifs (C(OH)–C–C–N with tert-alkyl or cyclic N) is 1. The van der Waals surface area contributed by atoms with Crippen LogP contribution in [0.3, 0.4) is 0 Å². The quantitative estimate of drug-likeness (QED) is 0.759. The Morgan fingerprint density at radius 3 is 2.93 bits per heavy atom. The van der Waals surface area contributed by atoms with Crippen LogP contribution in [-0.4, -0.2) is 57.5 Å². The fourth-order valence-corrected chi connectivity index (χ4v) is 4.22. The van der Waals surface area contributed by atoms with Crippen molar-refractivity contribution in [3.05, 3.63) is 42.0 Å². The highest BCUT2D eigenvalue weighted by atomic mass is 32.2. The minimum atomic E-state index is -0.273. The molecule has 1 atom stereocenters. The number of nitrogens with zero attached hydrogens (tertiary/aromatic N) is 4. The molecule has 3 heterocycles. The number of thioether (sulfide) groups is 1. The van der Waals surface area contributed by atoms with Crippen LogP contribution in [0.4, 0.5) is 5.82 Å². The number of amides is 1. The third kappa shape index (κ3) is 3.91. The van der Waals surface area contributed by atoms with Gasteiger partial charge in [-0.25, -0.2) is 15.0 Å². The summed E-state index contributed by atoms with van der Waals surface area (Å²) in [6.07, 6.45) is 7.48. The molecular formula is C19H23N5O2S. The predicted molar refractivity (Wildman–Crippen MR) is 104 cm³/mol. The van der Waals surface area contributed by atoms with Gasteiger partial charge in [0.2, 0.25) is 0 Å². The average molecular weight is 385 g/mol. The van der Waals surface area contributed by atoms with Gasteiger partial charge in [0.25, 0.3) is 5.91 Å². The van der Waals surface area contributed by atoms with Crippen LogP contribution < -0.4 is 10.2 Å². The number of pyridine rings is 1. The summed E-state index contributed by atoms with van der Waals surface area (Å²) in [7, 11) is 0. The van der Waals surface area contributed by atoms with Crippen molar-refractivity contribution in [2.24, 2.45) is 0 Å². The van der Waals surface area contributed by atoms with E-state index < -0.39 is 0 Å². The summed E-state index contributed by atoms with van der Waals surface area (Å²) >= 11 is 1.48. The summed E-state index contributed by atoms with van der Waals surface area (Å²) in [5.41, 5.74) is 1.64. The lowest BCUT2D eigenvalue weighted by molar-refractivity contribution is 0.0904. The molecule has 0 aromatic carbocycles. The Kier molecular flexibility index (Phi) is 5.27. The number of nitrogens with one attached hydrogen (secondary N) is 1. The van der Waals surface area contributed by atoms with Crippen LogP contribution in [0.15, 0.2) is 35.7 Å². The number of carbonyl (C=O) groups excluding carboxylic acids is 1. The number of hydrogen-bond acceptors (Lipinski definition) is 7. The standard InChI is InChI=1S/C19H23N5O2S/c1-27-19-15(3-2-5-20-19)18(26)23-13-7-12(8-13)16-9-17(22-11-21-16)24-6-4-14(25)10-24/h2-3,5,9,11-14,25H,4,6-8,10H2,1H3,(H,23,26). The van der Waals surface area contributed by atoms with Crippen LogP contribution >= 0.6 is 11.8 Å². The van der Waals surface area contributed by atoms with E-state index in [1.807, 2.05) is 18.4 Å². The van der Waals surface area contributed by atoms with Gasteiger partial charge >= 0.3 is 0 Å². The molecule has 2 N–H and O–H groups in total. The molecule has 2 aromatic heterocycles. The van der Waals surface area contributed by atoms with E-state index in [4.69, 9.17) is 0 Å². The second-order valence-electron chi connectivity index (χ2n) is 7.09. The summed E-state index contributed by atoms with van der Waals surface area (Å²) in [6.45, 7) is 1.45. The Hall–Kier alpha value is -2.19. The monoisotopic (exact) mass is 385 g/mol. The van der Waals surface area contributed by atoms with Gasteiger partial charge in [-0.3, -0.25) is 4.79 Å². The van der Waals surface area contributed by atoms with E-state index in [0.717, 1.165) is 42.3 Å². The molecule has 1 amide bonds. The van der Waals surface area contributed by atoms with Crippen LogP contribution in [0, 0.1) is 0 Å². The van der Waals surface area contributed by atoms with Crippen molar-refractivity contribution in [2.75, 3.05) is 24.2 Å². The van der Waals surface area contributed by atoms with Gasteiger partial charge < -0.3 is 15.3 Å². The van der Waals surface area contributed by atoms with Gasteiger partial charge in [0.1, 0.15) is 17.2 Å². The molecule has 2 aromatic rings. The fraction of sp³-hybridized carbons (Fsp3) is 0.474. The molecule has 0 bridgehead atoms. The summed E-state index contributed by atoms with van der Waals surface area (Å²) in [4.78, 5) is 27.6. The first kappa shape index (κ1) is 18.2. The minimum Gasteiger partial charge on any atom is -0.391 e. The number of hydrogen-bond donors (Lipinski definition) is 2. The number of aromatic nitrogens is 3. The Morgan fingerprint density at radius 1 is 1.33 bits per heavy atom. The van der Waals surface area contributed by atoms with Crippen molar-refractivity contribution in [3.63, 3.8) is 0 Å². The lowest BCUT2D eigenvalue weighted by Crippen LogP contribution is -2.43. The van der Waals surface area contributed by atoms with E-state index in [1.54, 1.807) is 18.6 Å². The van der Waals surface area contributed by atoms with Crippen LogP contribution in [0.2, 0.25) is 0 Å². The van der Waals surface area contributed by atoms with Gasteiger partial charge in [-0.05, 0) is 37.7 Å². The molecule has 4 rings (SSSR count). The summed E-state index contributed by atoms with van der Waals surface area (Å²) in [5.74, 6) is 1.15. The molecule has 2 aliphatic rings. The molecule has 1 aliphatic carbocycles. The van der Waals surface area contributed by atoms with Crippen molar-refractivity contribution in [2.45, 2.75) is 42.4 Å². The summed E-state index contributed by atoms with van der Waals surface area (Å²) in [6, 6.07) is 5.78. The first-order chi connectivity index (χ1) is 13.1. The Morgan fingerprint density at radius 2 is 2.19 bits per heavy atom. The normalized spacial score (nSPS) is 24.5. The zero-order valence-corrected chi connectivity index (χ0v) is 16.0. The number of carbonyl (C=O) groups is 1. The number of aliphatic hydroxyl groups is 1. The van der Waals surface area contributed by atoms with Crippen LogP contribution in [0.5, 0.6) is 0 Å². The second-order valence-corrected chi connectivity index (χ2v) is 7.88. The molecule has 1 saturated heterocycles. The number of rotatable bonds is 5. The third-order valence-corrected chi connectivity index (χ3v) is 5.97. The molecule has 0 radical (unpaired) electrons. The zero-order chi connectivity index (χ0) is 18.8. The molecule has 8 heteroatoms. The molecular weight excluding hydrogens is 362 g/mol. The van der Waals surface area contributed by atoms with Gasteiger partial charge in [-0.1, -0.05) is 0 Å². The van der Waals surface area contributed by atoms with E-state index >= 15 is 0 Å². The predicted octanol–water partition coefficient (Wildman–Crippen LogP) is 1.84.